The first-order chi connectivity index (χ1) is 14.2. The number of benzene rings is 2. The molecule has 8 heteroatoms. The third kappa shape index (κ3) is 4.38. The van der Waals surface area contributed by atoms with Crippen LogP contribution in [0.2, 0.25) is 5.02 Å². The molecular formula is C22H22BrClN2O4. The van der Waals surface area contributed by atoms with E-state index in [-0.39, 0.29) is 11.3 Å². The maximum absolute atomic E-state index is 13.0. The molecule has 2 aromatic carbocycles. The highest BCUT2D eigenvalue weighted by Crippen LogP contribution is 2.40. The second-order valence-electron chi connectivity index (χ2n) is 7.20. The van der Waals surface area contributed by atoms with Crippen LogP contribution in [0.15, 0.2) is 52.5 Å². The van der Waals surface area contributed by atoms with Crippen molar-refractivity contribution >= 4 is 45.0 Å². The average molecular weight is 494 g/mol. The molecule has 0 spiro atoms. The Labute approximate surface area is 188 Å². The van der Waals surface area contributed by atoms with Gasteiger partial charge in [-0.3, -0.25) is 9.59 Å². The monoisotopic (exact) mass is 492 g/mol. The Kier molecular flexibility index (Phi) is 6.85. The van der Waals surface area contributed by atoms with Gasteiger partial charge in [0.25, 0.3) is 11.7 Å². The van der Waals surface area contributed by atoms with Gasteiger partial charge in [0.15, 0.2) is 0 Å². The van der Waals surface area contributed by atoms with Crippen LogP contribution in [0.5, 0.6) is 5.75 Å². The molecule has 158 valence electrons. The smallest absolute Gasteiger partial charge is 0.295 e. The van der Waals surface area contributed by atoms with Crippen molar-refractivity contribution in [3.63, 3.8) is 0 Å². The third-order valence-electron chi connectivity index (χ3n) is 4.92. The Balaban J connectivity index is 2.16. The molecule has 6 nitrogen and oxygen atoms in total. The lowest BCUT2D eigenvalue weighted by Gasteiger charge is -2.26. The molecule has 0 unspecified atom stereocenters. The number of Topliss-reactive ketones (excluding diaryl/α,β-unsaturated/α-hetero) is 1. The van der Waals surface area contributed by atoms with Crippen LogP contribution in [0.4, 0.5) is 0 Å². The maximum atomic E-state index is 13.0. The summed E-state index contributed by atoms with van der Waals surface area (Å²) < 4.78 is 5.96. The van der Waals surface area contributed by atoms with Gasteiger partial charge in [-0.15, -0.1) is 0 Å². The van der Waals surface area contributed by atoms with Crippen molar-refractivity contribution in [2.24, 2.45) is 0 Å². The standard InChI is InChI=1S/C22H22BrClN2O4/c1-25(2)9-10-26-19(13-5-4-6-15(23)11-13)18(21(28)22(26)29)20(27)14-7-8-17(30-3)16(24)12-14/h4-8,11-12,19,27H,9-10H2,1-3H3/t19-/m1/s1. The SMILES string of the molecule is COc1ccc(C(O)=C2C(=O)C(=O)N(CCN(C)C)[C@@H]2c2cccc(Br)c2)cc1Cl. The number of aliphatic hydroxyl groups excluding tert-OH is 1. The van der Waals surface area contributed by atoms with Crippen molar-refractivity contribution in [3.05, 3.63) is 68.7 Å². The molecule has 0 radical (unpaired) electrons. The Morgan fingerprint density at radius 1 is 1.23 bits per heavy atom. The number of carbonyl (C=O) groups is 2. The fraction of sp³-hybridized carbons (Fsp3) is 0.273. The van der Waals surface area contributed by atoms with E-state index in [1.165, 1.54) is 18.1 Å². The van der Waals surface area contributed by atoms with E-state index in [0.717, 1.165) is 10.0 Å². The summed E-state index contributed by atoms with van der Waals surface area (Å²) in [4.78, 5) is 29.2. The van der Waals surface area contributed by atoms with Gasteiger partial charge in [0.2, 0.25) is 0 Å². The summed E-state index contributed by atoms with van der Waals surface area (Å²) >= 11 is 9.64. The van der Waals surface area contributed by atoms with Crippen LogP contribution in [0.1, 0.15) is 17.2 Å². The number of amides is 1. The Morgan fingerprint density at radius 2 is 1.97 bits per heavy atom. The van der Waals surface area contributed by atoms with Crippen molar-refractivity contribution in [1.82, 2.24) is 9.80 Å². The van der Waals surface area contributed by atoms with E-state index in [1.54, 1.807) is 12.1 Å². The largest absolute Gasteiger partial charge is 0.507 e. The van der Waals surface area contributed by atoms with E-state index in [9.17, 15) is 14.7 Å². The molecule has 1 saturated heterocycles. The van der Waals surface area contributed by atoms with Gasteiger partial charge in [-0.2, -0.15) is 0 Å². The number of ether oxygens (including phenoxy) is 1. The minimum atomic E-state index is -0.719. The summed E-state index contributed by atoms with van der Waals surface area (Å²) in [6.07, 6.45) is 0. The Bertz CT molecular complexity index is 1020. The van der Waals surface area contributed by atoms with Gasteiger partial charge in [0, 0.05) is 23.1 Å². The zero-order valence-electron chi connectivity index (χ0n) is 16.9. The molecule has 1 aliphatic heterocycles. The predicted octanol–water partition coefficient (Wildman–Crippen LogP) is 4.09. The number of hydrogen-bond donors (Lipinski definition) is 1. The highest BCUT2D eigenvalue weighted by atomic mass is 79.9. The number of hydrogen-bond acceptors (Lipinski definition) is 5. The molecule has 30 heavy (non-hydrogen) atoms. The van der Waals surface area contributed by atoms with Crippen molar-refractivity contribution in [2.75, 3.05) is 34.3 Å². The van der Waals surface area contributed by atoms with Gasteiger partial charge in [-0.1, -0.05) is 39.7 Å². The van der Waals surface area contributed by atoms with Crippen molar-refractivity contribution in [3.8, 4) is 5.75 Å². The lowest BCUT2D eigenvalue weighted by molar-refractivity contribution is -0.140. The number of likely N-dealkylation sites (N-methyl/N-ethyl adjacent to an activating group) is 1. The molecule has 0 aliphatic carbocycles. The lowest BCUT2D eigenvalue weighted by Crippen LogP contribution is -2.35. The van der Waals surface area contributed by atoms with E-state index in [0.29, 0.717) is 29.4 Å². The van der Waals surface area contributed by atoms with E-state index in [4.69, 9.17) is 16.3 Å². The highest BCUT2D eigenvalue weighted by molar-refractivity contribution is 9.10. The molecule has 1 amide bonds. The van der Waals surface area contributed by atoms with Crippen LogP contribution in [-0.4, -0.2) is 60.9 Å². The normalized spacial score (nSPS) is 18.3. The van der Waals surface area contributed by atoms with Crippen LogP contribution >= 0.6 is 27.5 Å². The second-order valence-corrected chi connectivity index (χ2v) is 8.52. The fourth-order valence-electron chi connectivity index (χ4n) is 3.41. The number of likely N-dealkylation sites (tertiary alicyclic amines) is 1. The van der Waals surface area contributed by atoms with E-state index in [1.807, 2.05) is 43.3 Å². The predicted molar refractivity (Wildman–Crippen MR) is 120 cm³/mol. The molecule has 1 heterocycles. The van der Waals surface area contributed by atoms with E-state index >= 15 is 0 Å². The molecule has 0 saturated carbocycles. The first-order valence-corrected chi connectivity index (χ1v) is 10.4. The minimum Gasteiger partial charge on any atom is -0.507 e. The minimum absolute atomic E-state index is 0.0399. The fourth-order valence-corrected chi connectivity index (χ4v) is 4.09. The Morgan fingerprint density at radius 3 is 2.57 bits per heavy atom. The van der Waals surface area contributed by atoms with Gasteiger partial charge < -0.3 is 19.6 Å². The number of methoxy groups -OCH3 is 1. The number of aliphatic hydroxyl groups is 1. The Hall–Kier alpha value is -2.35. The molecule has 0 aromatic heterocycles. The zero-order chi connectivity index (χ0) is 22.0. The second kappa shape index (κ2) is 9.20. The lowest BCUT2D eigenvalue weighted by atomic mass is 9.95. The first kappa shape index (κ1) is 22.3. The summed E-state index contributed by atoms with van der Waals surface area (Å²) in [6.45, 7) is 0.917. The molecular weight excluding hydrogens is 472 g/mol. The maximum Gasteiger partial charge on any atom is 0.295 e. The number of carbonyl (C=O) groups excluding carboxylic acids is 2. The zero-order valence-corrected chi connectivity index (χ0v) is 19.2. The van der Waals surface area contributed by atoms with Crippen LogP contribution in [0, 0.1) is 0 Å². The molecule has 1 atom stereocenters. The van der Waals surface area contributed by atoms with E-state index < -0.39 is 17.7 Å². The van der Waals surface area contributed by atoms with Gasteiger partial charge >= 0.3 is 0 Å². The summed E-state index contributed by atoms with van der Waals surface area (Å²) in [5.74, 6) is -1.18. The van der Waals surface area contributed by atoms with Gasteiger partial charge in [0.05, 0.1) is 23.7 Å². The van der Waals surface area contributed by atoms with Crippen molar-refractivity contribution in [1.29, 1.82) is 0 Å². The van der Waals surface area contributed by atoms with Crippen molar-refractivity contribution < 1.29 is 19.4 Å². The van der Waals surface area contributed by atoms with Crippen LogP contribution in [-0.2, 0) is 9.59 Å². The molecule has 0 bridgehead atoms. The number of rotatable bonds is 6. The van der Waals surface area contributed by atoms with E-state index in [2.05, 4.69) is 15.9 Å². The number of halogens is 2. The topological polar surface area (TPSA) is 70.1 Å². The van der Waals surface area contributed by atoms with Crippen LogP contribution in [0.3, 0.4) is 0 Å². The first-order valence-electron chi connectivity index (χ1n) is 9.27. The van der Waals surface area contributed by atoms with Crippen molar-refractivity contribution in [2.45, 2.75) is 6.04 Å². The van der Waals surface area contributed by atoms with Gasteiger partial charge in [-0.25, -0.2) is 0 Å². The molecule has 1 aliphatic rings. The molecule has 2 aromatic rings. The molecule has 1 N–H and O–H groups in total. The summed E-state index contributed by atoms with van der Waals surface area (Å²) in [5, 5.41) is 11.3. The third-order valence-corrected chi connectivity index (χ3v) is 5.71. The number of nitrogens with zero attached hydrogens (tertiary/aromatic N) is 2. The van der Waals surface area contributed by atoms with Crippen LogP contribution < -0.4 is 4.74 Å². The van der Waals surface area contributed by atoms with Gasteiger partial charge in [0.1, 0.15) is 11.5 Å². The highest BCUT2D eigenvalue weighted by Gasteiger charge is 2.45. The summed E-state index contributed by atoms with van der Waals surface area (Å²) in [5.41, 5.74) is 1.10. The molecule has 3 rings (SSSR count). The molecule has 1 fully saturated rings. The average Bonchev–Trinajstić information content (AvgIpc) is 2.96. The summed E-state index contributed by atoms with van der Waals surface area (Å²) in [7, 11) is 5.28. The van der Waals surface area contributed by atoms with Gasteiger partial charge in [-0.05, 0) is 50.0 Å². The summed E-state index contributed by atoms with van der Waals surface area (Å²) in [6, 6.07) is 11.4. The van der Waals surface area contributed by atoms with Crippen LogP contribution in [0.25, 0.3) is 5.76 Å². The quantitative estimate of drug-likeness (QED) is 0.373. The number of ketones is 1.